The molecule has 0 spiro atoms. The molecule has 7 nitrogen and oxygen atoms in total. The molecule has 0 amide bonds. The summed E-state index contributed by atoms with van der Waals surface area (Å²) in [6.45, 7) is 0. The number of nitrogens with one attached hydrogen (secondary N) is 1. The molecule has 1 aromatic rings. The minimum atomic E-state index is -4.11. The van der Waals surface area contributed by atoms with Crippen LogP contribution in [-0.4, -0.2) is 36.6 Å². The monoisotopic (exact) mass is 425 g/mol. The lowest BCUT2D eigenvalue weighted by molar-refractivity contribution is 0.594. The van der Waals surface area contributed by atoms with Crippen LogP contribution in [0.2, 0.25) is 0 Å². The number of rotatable bonds is 5. The number of sulfonamides is 1. The van der Waals surface area contributed by atoms with E-state index in [0.29, 0.717) is 0 Å². The third kappa shape index (κ3) is 5.56. The normalized spacial score (nSPS) is 13.2. The van der Waals surface area contributed by atoms with Crippen LogP contribution in [0.3, 0.4) is 0 Å². The molecule has 12 heteroatoms. The highest BCUT2D eigenvalue weighted by molar-refractivity contribution is 9.10. The topological polar surface area (TPSA) is 114 Å². The van der Waals surface area contributed by atoms with E-state index in [1.165, 1.54) is 0 Å². The fourth-order valence-corrected chi connectivity index (χ4v) is 5.75. The summed E-state index contributed by atoms with van der Waals surface area (Å²) < 4.78 is 69.5. The van der Waals surface area contributed by atoms with Crippen LogP contribution in [0.15, 0.2) is 27.6 Å². The Hall–Kier alpha value is -0.360. The maximum atomic E-state index is 11.6. The van der Waals surface area contributed by atoms with Crippen molar-refractivity contribution < 1.29 is 25.3 Å². The highest BCUT2D eigenvalue weighted by Gasteiger charge is 2.20. The Morgan fingerprint density at radius 2 is 1.70 bits per heavy atom. The molecule has 0 aromatic heterocycles. The number of hydrogen-bond donors (Lipinski definition) is 1. The second-order valence-electron chi connectivity index (χ2n) is 3.84. The predicted octanol–water partition coefficient (Wildman–Crippen LogP) is 1.12. The SMILES string of the molecule is CS(=O)(=O)CS(=O)(=O)Nc1ccc(S(=O)(=O)Cl)cc1Br. The van der Waals surface area contributed by atoms with E-state index >= 15 is 0 Å². The predicted molar refractivity (Wildman–Crippen MR) is 79.4 cm³/mol. The lowest BCUT2D eigenvalue weighted by atomic mass is 10.3. The van der Waals surface area contributed by atoms with E-state index in [1.54, 1.807) is 0 Å². The van der Waals surface area contributed by atoms with Gasteiger partial charge < -0.3 is 0 Å². The van der Waals surface area contributed by atoms with Crippen LogP contribution in [0.1, 0.15) is 0 Å². The Morgan fingerprint density at radius 1 is 1.15 bits per heavy atom. The summed E-state index contributed by atoms with van der Waals surface area (Å²) in [5, 5.41) is -1.08. The minimum Gasteiger partial charge on any atom is -0.282 e. The number of sulfone groups is 1. The average molecular weight is 427 g/mol. The molecule has 0 fully saturated rings. The maximum Gasteiger partial charge on any atom is 0.261 e. The molecule has 1 N–H and O–H groups in total. The molecule has 0 aliphatic heterocycles. The van der Waals surface area contributed by atoms with Crippen molar-refractivity contribution >= 4 is 61.2 Å². The zero-order valence-corrected chi connectivity index (χ0v) is 14.7. The van der Waals surface area contributed by atoms with E-state index in [2.05, 4.69) is 15.9 Å². The van der Waals surface area contributed by atoms with Crippen molar-refractivity contribution in [1.82, 2.24) is 0 Å². The molecule has 0 unspecified atom stereocenters. The molecular formula is C8H9BrClNO6S3. The number of anilines is 1. The van der Waals surface area contributed by atoms with Gasteiger partial charge >= 0.3 is 0 Å². The first-order valence-corrected chi connectivity index (χ1v) is 11.5. The molecule has 0 radical (unpaired) electrons. The summed E-state index contributed by atoms with van der Waals surface area (Å²) in [5.41, 5.74) is -0.00211. The highest BCUT2D eigenvalue weighted by atomic mass is 79.9. The van der Waals surface area contributed by atoms with E-state index in [9.17, 15) is 25.3 Å². The Balaban J connectivity index is 3.13. The summed E-state index contributed by atoms with van der Waals surface area (Å²) in [4.78, 5) is -0.225. The van der Waals surface area contributed by atoms with E-state index in [4.69, 9.17) is 10.7 Å². The van der Waals surface area contributed by atoms with Gasteiger partial charge in [0.1, 0.15) is 0 Å². The first-order valence-electron chi connectivity index (χ1n) is 4.73. The van der Waals surface area contributed by atoms with E-state index in [0.717, 1.165) is 24.5 Å². The fraction of sp³-hybridized carbons (Fsp3) is 0.250. The standard InChI is InChI=1S/C8H9BrClNO6S3/c1-18(12,13)5-19(14,15)11-8-3-2-6(4-7(8)9)20(10,16)17/h2-4,11H,5H2,1H3. The van der Waals surface area contributed by atoms with Gasteiger partial charge in [0.05, 0.1) is 10.6 Å². The van der Waals surface area contributed by atoms with Crippen LogP contribution in [-0.2, 0) is 28.9 Å². The minimum absolute atomic E-state index is 0.00211. The summed E-state index contributed by atoms with van der Waals surface area (Å²) in [5.74, 6) is 0. The largest absolute Gasteiger partial charge is 0.282 e. The lowest BCUT2D eigenvalue weighted by Crippen LogP contribution is -2.22. The van der Waals surface area contributed by atoms with E-state index < -0.39 is 34.0 Å². The van der Waals surface area contributed by atoms with Gasteiger partial charge in [-0.3, -0.25) is 4.72 Å². The van der Waals surface area contributed by atoms with Crippen LogP contribution in [0.25, 0.3) is 0 Å². The van der Waals surface area contributed by atoms with Crippen molar-refractivity contribution in [3.63, 3.8) is 0 Å². The zero-order chi connectivity index (χ0) is 15.8. The van der Waals surface area contributed by atoms with Crippen LogP contribution < -0.4 is 4.72 Å². The first-order chi connectivity index (χ1) is 8.80. The van der Waals surface area contributed by atoms with Crippen molar-refractivity contribution in [3.8, 4) is 0 Å². The number of halogens is 2. The van der Waals surface area contributed by atoms with Crippen molar-refractivity contribution in [3.05, 3.63) is 22.7 Å². The molecule has 0 aliphatic carbocycles. The summed E-state index contributed by atoms with van der Waals surface area (Å²) in [6, 6.07) is 3.34. The quantitative estimate of drug-likeness (QED) is 0.706. The van der Waals surface area contributed by atoms with Gasteiger partial charge in [-0.2, -0.15) is 0 Å². The molecule has 114 valence electrons. The van der Waals surface area contributed by atoms with Crippen LogP contribution in [0.4, 0.5) is 5.69 Å². The zero-order valence-electron chi connectivity index (χ0n) is 9.87. The molecule has 1 rings (SSSR count). The molecule has 0 atom stereocenters. The van der Waals surface area contributed by atoms with Crippen molar-refractivity contribution in [2.45, 2.75) is 4.90 Å². The van der Waals surface area contributed by atoms with Crippen LogP contribution >= 0.6 is 26.6 Å². The molecule has 0 aliphatic rings. The van der Waals surface area contributed by atoms with E-state index in [1.807, 2.05) is 4.72 Å². The third-order valence-electron chi connectivity index (χ3n) is 1.86. The first kappa shape index (κ1) is 17.7. The van der Waals surface area contributed by atoms with Gasteiger partial charge in [0.15, 0.2) is 14.9 Å². The van der Waals surface area contributed by atoms with Crippen molar-refractivity contribution in [1.29, 1.82) is 0 Å². The molecule has 20 heavy (non-hydrogen) atoms. The van der Waals surface area contributed by atoms with Gasteiger partial charge in [-0.15, -0.1) is 0 Å². The fourth-order valence-electron chi connectivity index (χ4n) is 1.21. The second-order valence-corrected chi connectivity index (χ2v) is 11.5. The molecular weight excluding hydrogens is 418 g/mol. The molecule has 1 aromatic carbocycles. The van der Waals surface area contributed by atoms with Gasteiger partial charge in [0.2, 0.25) is 10.0 Å². The molecule has 0 saturated heterocycles. The maximum absolute atomic E-state index is 11.6. The average Bonchev–Trinajstić information content (AvgIpc) is 2.15. The van der Waals surface area contributed by atoms with Crippen molar-refractivity contribution in [2.24, 2.45) is 0 Å². The van der Waals surface area contributed by atoms with Gasteiger partial charge in [-0.05, 0) is 34.1 Å². The van der Waals surface area contributed by atoms with Gasteiger partial charge in [0.25, 0.3) is 9.05 Å². The molecule has 0 saturated carbocycles. The Bertz CT molecular complexity index is 831. The summed E-state index contributed by atoms with van der Waals surface area (Å²) >= 11 is 2.97. The van der Waals surface area contributed by atoms with Gasteiger partial charge in [-0.25, -0.2) is 25.3 Å². The summed E-state index contributed by atoms with van der Waals surface area (Å²) in [7, 11) is -6.65. The smallest absolute Gasteiger partial charge is 0.261 e. The van der Waals surface area contributed by atoms with Crippen LogP contribution in [0, 0.1) is 0 Å². The van der Waals surface area contributed by atoms with Gasteiger partial charge in [-0.1, -0.05) is 0 Å². The van der Waals surface area contributed by atoms with E-state index in [-0.39, 0.29) is 15.1 Å². The lowest BCUT2D eigenvalue weighted by Gasteiger charge is -2.09. The third-order valence-corrected chi connectivity index (χ3v) is 7.35. The van der Waals surface area contributed by atoms with Crippen LogP contribution in [0.5, 0.6) is 0 Å². The Labute approximate surface area is 129 Å². The molecule has 0 heterocycles. The Kier molecular flexibility index (Phi) is 5.12. The number of benzene rings is 1. The second kappa shape index (κ2) is 5.79. The highest BCUT2D eigenvalue weighted by Crippen LogP contribution is 2.28. The van der Waals surface area contributed by atoms with Gasteiger partial charge in [0, 0.05) is 21.4 Å². The molecule has 0 bridgehead atoms. The summed E-state index contributed by atoms with van der Waals surface area (Å²) in [6.07, 6.45) is 0.782. The van der Waals surface area contributed by atoms with Crippen molar-refractivity contribution in [2.75, 3.05) is 16.1 Å². The Morgan fingerprint density at radius 3 is 2.10 bits per heavy atom. The number of hydrogen-bond acceptors (Lipinski definition) is 6.